The van der Waals surface area contributed by atoms with Crippen molar-refractivity contribution >= 4 is 16.7 Å². The van der Waals surface area contributed by atoms with E-state index in [9.17, 15) is 0 Å². The van der Waals surface area contributed by atoms with Gasteiger partial charge >= 0.3 is 0 Å². The molecule has 1 atom stereocenters. The summed E-state index contributed by atoms with van der Waals surface area (Å²) in [5.41, 5.74) is 2.25. The van der Waals surface area contributed by atoms with Crippen molar-refractivity contribution in [3.63, 3.8) is 0 Å². The molecule has 5 heteroatoms. The molecule has 0 saturated carbocycles. The molecule has 0 amide bonds. The predicted octanol–water partition coefficient (Wildman–Crippen LogP) is 3.76. The molecule has 2 aromatic rings. The zero-order valence-electron chi connectivity index (χ0n) is 15.7. The fraction of sp³-hybridized carbons (Fsp3) is 0.600. The molecule has 25 heavy (non-hydrogen) atoms. The highest BCUT2D eigenvalue weighted by molar-refractivity contribution is 5.91. The van der Waals surface area contributed by atoms with E-state index in [4.69, 9.17) is 14.7 Å². The molecule has 2 heterocycles. The van der Waals surface area contributed by atoms with Crippen molar-refractivity contribution in [3.05, 3.63) is 29.6 Å². The molecule has 5 nitrogen and oxygen atoms in total. The summed E-state index contributed by atoms with van der Waals surface area (Å²) in [7, 11) is 1.72. The monoisotopic (exact) mass is 342 g/mol. The molecule has 0 radical (unpaired) electrons. The summed E-state index contributed by atoms with van der Waals surface area (Å²) >= 11 is 0. The number of likely N-dealkylation sites (tertiary alicyclic amines) is 1. The third-order valence-corrected chi connectivity index (χ3v) is 5.14. The Morgan fingerprint density at radius 2 is 2.16 bits per heavy atom. The van der Waals surface area contributed by atoms with Crippen LogP contribution in [0, 0.1) is 6.92 Å². The second kappa shape index (κ2) is 8.59. The number of nitrogens with one attached hydrogen (secondary N) is 1. The minimum absolute atomic E-state index is 0.662. The third-order valence-electron chi connectivity index (χ3n) is 5.14. The minimum atomic E-state index is 0.662. The SMILES string of the molecule is CCC1CCCCN1Cc1nc(NCCOC)c2cccc(C)c2n1. The number of benzene rings is 1. The van der Waals surface area contributed by atoms with E-state index in [1.54, 1.807) is 7.11 Å². The Hall–Kier alpha value is -1.72. The van der Waals surface area contributed by atoms with Crippen LogP contribution in [0.25, 0.3) is 10.9 Å². The van der Waals surface area contributed by atoms with Crippen molar-refractivity contribution < 1.29 is 4.74 Å². The zero-order valence-corrected chi connectivity index (χ0v) is 15.7. The Kier molecular flexibility index (Phi) is 6.21. The lowest BCUT2D eigenvalue weighted by Crippen LogP contribution is -2.38. The van der Waals surface area contributed by atoms with E-state index in [2.05, 4.69) is 42.3 Å². The van der Waals surface area contributed by atoms with Crippen LogP contribution in [-0.4, -0.2) is 47.7 Å². The average Bonchev–Trinajstić information content (AvgIpc) is 2.63. The molecule has 3 rings (SSSR count). The molecule has 0 bridgehead atoms. The first-order chi connectivity index (χ1) is 12.2. The Labute approximate surface area is 150 Å². The van der Waals surface area contributed by atoms with Gasteiger partial charge in [-0.05, 0) is 44.4 Å². The normalized spacial score (nSPS) is 18.6. The number of hydrogen-bond acceptors (Lipinski definition) is 5. The lowest BCUT2D eigenvalue weighted by atomic mass is 10.00. The molecule has 1 aromatic heterocycles. The lowest BCUT2D eigenvalue weighted by Gasteiger charge is -2.34. The molecular weight excluding hydrogens is 312 g/mol. The van der Waals surface area contributed by atoms with Crippen molar-refractivity contribution in [2.24, 2.45) is 0 Å². The van der Waals surface area contributed by atoms with Gasteiger partial charge in [0.15, 0.2) is 0 Å². The summed E-state index contributed by atoms with van der Waals surface area (Å²) in [4.78, 5) is 12.3. The van der Waals surface area contributed by atoms with Crippen LogP contribution in [0.1, 0.15) is 44.0 Å². The van der Waals surface area contributed by atoms with E-state index < -0.39 is 0 Å². The molecule has 1 saturated heterocycles. The standard InChI is InChI=1S/C20H30N4O/c1-4-16-9-5-6-12-24(16)14-18-22-19-15(2)8-7-10-17(19)20(23-18)21-11-13-25-3/h7-8,10,16H,4-6,9,11-14H2,1-3H3,(H,21,22,23). The fourth-order valence-corrected chi connectivity index (χ4v) is 3.73. The van der Waals surface area contributed by atoms with Crippen LogP contribution in [0.15, 0.2) is 18.2 Å². The topological polar surface area (TPSA) is 50.3 Å². The summed E-state index contributed by atoms with van der Waals surface area (Å²) < 4.78 is 5.17. The Bertz CT molecular complexity index is 703. The van der Waals surface area contributed by atoms with Crippen LogP contribution >= 0.6 is 0 Å². The maximum atomic E-state index is 5.17. The van der Waals surface area contributed by atoms with E-state index >= 15 is 0 Å². The number of hydrogen-bond donors (Lipinski definition) is 1. The molecule has 1 N–H and O–H groups in total. The zero-order chi connectivity index (χ0) is 17.6. The van der Waals surface area contributed by atoms with E-state index in [-0.39, 0.29) is 0 Å². The number of aromatic nitrogens is 2. The highest BCUT2D eigenvalue weighted by Gasteiger charge is 2.22. The van der Waals surface area contributed by atoms with Crippen molar-refractivity contribution in [3.8, 4) is 0 Å². The van der Waals surface area contributed by atoms with Crippen molar-refractivity contribution in [1.29, 1.82) is 0 Å². The van der Waals surface area contributed by atoms with Gasteiger partial charge in [-0.25, -0.2) is 9.97 Å². The third kappa shape index (κ3) is 4.28. The second-order valence-electron chi connectivity index (χ2n) is 6.91. The van der Waals surface area contributed by atoms with Crippen molar-refractivity contribution in [2.75, 3.05) is 32.1 Å². The highest BCUT2D eigenvalue weighted by atomic mass is 16.5. The largest absolute Gasteiger partial charge is 0.383 e. The number of anilines is 1. The van der Waals surface area contributed by atoms with Crippen LogP contribution < -0.4 is 5.32 Å². The van der Waals surface area contributed by atoms with Crippen LogP contribution in [-0.2, 0) is 11.3 Å². The molecule has 1 aliphatic rings. The predicted molar refractivity (Wildman–Crippen MR) is 103 cm³/mol. The molecular formula is C20H30N4O. The van der Waals surface area contributed by atoms with Crippen LogP contribution in [0.3, 0.4) is 0 Å². The van der Waals surface area contributed by atoms with E-state index in [1.165, 1.54) is 31.2 Å². The van der Waals surface area contributed by atoms with Crippen LogP contribution in [0.5, 0.6) is 0 Å². The summed E-state index contributed by atoms with van der Waals surface area (Å²) in [6.45, 7) is 7.80. The van der Waals surface area contributed by atoms with E-state index in [1.807, 2.05) is 0 Å². The smallest absolute Gasteiger partial charge is 0.145 e. The molecule has 1 unspecified atom stereocenters. The molecule has 136 valence electrons. The average molecular weight is 342 g/mol. The molecule has 1 aromatic carbocycles. The van der Waals surface area contributed by atoms with E-state index in [0.717, 1.165) is 42.2 Å². The summed E-state index contributed by atoms with van der Waals surface area (Å²) in [6, 6.07) is 6.94. The van der Waals surface area contributed by atoms with Gasteiger partial charge in [0.05, 0.1) is 18.7 Å². The van der Waals surface area contributed by atoms with Gasteiger partial charge < -0.3 is 10.1 Å². The number of fused-ring (bicyclic) bond motifs is 1. The lowest BCUT2D eigenvalue weighted by molar-refractivity contribution is 0.133. The maximum absolute atomic E-state index is 5.17. The van der Waals surface area contributed by atoms with Crippen LogP contribution in [0.2, 0.25) is 0 Å². The second-order valence-corrected chi connectivity index (χ2v) is 6.91. The van der Waals surface area contributed by atoms with Gasteiger partial charge in [-0.1, -0.05) is 25.5 Å². The Balaban J connectivity index is 1.90. The maximum Gasteiger partial charge on any atom is 0.145 e. The van der Waals surface area contributed by atoms with Gasteiger partial charge in [-0.3, -0.25) is 4.90 Å². The van der Waals surface area contributed by atoms with Crippen molar-refractivity contribution in [2.45, 2.75) is 52.1 Å². The highest BCUT2D eigenvalue weighted by Crippen LogP contribution is 2.25. The number of para-hydroxylation sites is 1. The number of nitrogens with zero attached hydrogens (tertiary/aromatic N) is 3. The quantitative estimate of drug-likeness (QED) is 0.777. The number of methoxy groups -OCH3 is 1. The summed E-state index contributed by atoms with van der Waals surface area (Å²) in [6.07, 6.45) is 5.12. The van der Waals surface area contributed by atoms with Gasteiger partial charge in [-0.2, -0.15) is 0 Å². The van der Waals surface area contributed by atoms with Gasteiger partial charge in [0, 0.05) is 25.1 Å². The molecule has 0 aliphatic carbocycles. The van der Waals surface area contributed by atoms with Gasteiger partial charge in [0.25, 0.3) is 0 Å². The molecule has 1 aliphatic heterocycles. The van der Waals surface area contributed by atoms with Gasteiger partial charge in [-0.15, -0.1) is 0 Å². The minimum Gasteiger partial charge on any atom is -0.383 e. The number of piperidine rings is 1. The first-order valence-electron chi connectivity index (χ1n) is 9.46. The molecule has 1 fully saturated rings. The summed E-state index contributed by atoms with van der Waals surface area (Å²) in [5, 5.41) is 4.51. The van der Waals surface area contributed by atoms with Crippen LogP contribution in [0.4, 0.5) is 5.82 Å². The van der Waals surface area contributed by atoms with Gasteiger partial charge in [0.1, 0.15) is 11.6 Å². The first-order valence-corrected chi connectivity index (χ1v) is 9.46. The van der Waals surface area contributed by atoms with Gasteiger partial charge in [0.2, 0.25) is 0 Å². The number of rotatable bonds is 7. The summed E-state index contributed by atoms with van der Waals surface area (Å²) in [5.74, 6) is 1.84. The first kappa shape index (κ1) is 18.1. The Morgan fingerprint density at radius 3 is 2.96 bits per heavy atom. The fourth-order valence-electron chi connectivity index (χ4n) is 3.73. The van der Waals surface area contributed by atoms with Crippen molar-refractivity contribution in [1.82, 2.24) is 14.9 Å². The molecule has 0 spiro atoms. The number of aryl methyl sites for hydroxylation is 1. The number of ether oxygens (including phenoxy) is 1. The Morgan fingerprint density at radius 1 is 1.28 bits per heavy atom. The van der Waals surface area contributed by atoms with E-state index in [0.29, 0.717) is 12.6 Å².